The van der Waals surface area contributed by atoms with Crippen LogP contribution in [0.4, 0.5) is 5.69 Å². The molecule has 1 saturated heterocycles. The highest BCUT2D eigenvalue weighted by atomic mass is 14.9. The number of pyridine rings is 1. The van der Waals surface area contributed by atoms with E-state index < -0.39 is 0 Å². The van der Waals surface area contributed by atoms with Crippen LogP contribution in [0, 0.1) is 11.8 Å². The van der Waals surface area contributed by atoms with Crippen molar-refractivity contribution < 1.29 is 0 Å². The Morgan fingerprint density at radius 2 is 2.03 bits per heavy atom. The molecule has 0 saturated carbocycles. The predicted molar refractivity (Wildman–Crippen MR) is 125 cm³/mol. The normalized spacial score (nSPS) is 23.4. The van der Waals surface area contributed by atoms with Gasteiger partial charge >= 0.3 is 0 Å². The summed E-state index contributed by atoms with van der Waals surface area (Å²) in [5.74, 6) is 1.36. The fraction of sp³-hybridized carbons (Fsp3) is 0.385. The second-order valence-corrected chi connectivity index (χ2v) is 8.82. The average molecular weight is 399 g/mol. The molecule has 3 heterocycles. The Kier molecular flexibility index (Phi) is 5.26. The molecular weight excluding hydrogens is 368 g/mol. The number of fused-ring (bicyclic) bond motifs is 2. The molecule has 1 fully saturated rings. The second kappa shape index (κ2) is 8.19. The maximum atomic E-state index is 6.22. The van der Waals surface area contributed by atoms with Crippen LogP contribution >= 0.6 is 0 Å². The van der Waals surface area contributed by atoms with E-state index in [0.717, 1.165) is 31.6 Å². The van der Waals surface area contributed by atoms with Gasteiger partial charge in [0, 0.05) is 35.6 Å². The maximum Gasteiger partial charge on any atom is 0.0556 e. The molecule has 3 N–H and O–H groups in total. The Balaban J connectivity index is 1.59. The standard InChI is InChI=1S/C26H30N4/c1-17-18(10-14-29-17)4-5-20-15-21-16-22(27)6-7-23(21)25(19-8-12-28-13-9-19)26-24(20)3-2-11-30-26/h2-3,6-7,10-11,14-16,18-19,25,28H,4-5,8-9,12-13,27H2,1H3. The van der Waals surface area contributed by atoms with Crippen LogP contribution in [0.1, 0.15) is 60.9 Å². The van der Waals surface area contributed by atoms with Crippen LogP contribution in [0.5, 0.6) is 0 Å². The molecule has 4 heteroatoms. The SMILES string of the molecule is CC1=NC=CC1CCC1=Cc2cc(N)ccc2C(C2CCNCC2)c2ncccc21. The smallest absolute Gasteiger partial charge is 0.0556 e. The zero-order valence-electron chi connectivity index (χ0n) is 17.6. The fourth-order valence-corrected chi connectivity index (χ4v) is 5.33. The number of benzene rings is 1. The number of piperidine rings is 1. The van der Waals surface area contributed by atoms with Crippen molar-refractivity contribution in [3.05, 3.63) is 71.2 Å². The number of anilines is 1. The minimum absolute atomic E-state index is 0.322. The molecule has 0 amide bonds. The van der Waals surface area contributed by atoms with Gasteiger partial charge in [0.2, 0.25) is 0 Å². The van der Waals surface area contributed by atoms with E-state index in [-0.39, 0.29) is 0 Å². The third kappa shape index (κ3) is 3.61. The summed E-state index contributed by atoms with van der Waals surface area (Å²) in [6.45, 7) is 4.30. The van der Waals surface area contributed by atoms with Crippen molar-refractivity contribution in [2.45, 2.75) is 38.5 Å². The Morgan fingerprint density at radius 1 is 1.17 bits per heavy atom. The van der Waals surface area contributed by atoms with Gasteiger partial charge in [-0.05, 0) is 92.1 Å². The minimum Gasteiger partial charge on any atom is -0.399 e. The van der Waals surface area contributed by atoms with E-state index in [9.17, 15) is 0 Å². The van der Waals surface area contributed by atoms with E-state index in [1.165, 1.54) is 46.5 Å². The van der Waals surface area contributed by atoms with Crippen molar-refractivity contribution in [3.8, 4) is 0 Å². The first-order valence-electron chi connectivity index (χ1n) is 11.2. The number of hydrogen-bond acceptors (Lipinski definition) is 4. The molecule has 0 radical (unpaired) electrons. The van der Waals surface area contributed by atoms with Crippen molar-refractivity contribution >= 4 is 23.0 Å². The number of allylic oxidation sites excluding steroid dienone is 2. The molecule has 2 atom stereocenters. The number of rotatable bonds is 4. The third-order valence-corrected chi connectivity index (χ3v) is 6.97. The summed E-state index contributed by atoms with van der Waals surface area (Å²) in [6.07, 6.45) is 12.9. The molecule has 3 aliphatic rings. The molecule has 0 spiro atoms. The van der Waals surface area contributed by atoms with Crippen LogP contribution in [-0.2, 0) is 0 Å². The molecule has 2 aliphatic heterocycles. The van der Waals surface area contributed by atoms with Crippen LogP contribution in [0.3, 0.4) is 0 Å². The van der Waals surface area contributed by atoms with Crippen LogP contribution in [0.15, 0.2) is 53.8 Å². The lowest BCUT2D eigenvalue weighted by Crippen LogP contribution is -2.32. The first-order chi connectivity index (χ1) is 14.7. The lowest BCUT2D eigenvalue weighted by molar-refractivity contribution is 0.339. The molecule has 1 aliphatic carbocycles. The van der Waals surface area contributed by atoms with Gasteiger partial charge in [-0.3, -0.25) is 9.98 Å². The summed E-state index contributed by atoms with van der Waals surface area (Å²) >= 11 is 0. The van der Waals surface area contributed by atoms with Crippen LogP contribution < -0.4 is 11.1 Å². The van der Waals surface area contributed by atoms with Crippen LogP contribution in [0.2, 0.25) is 0 Å². The molecule has 2 unspecified atom stereocenters. The van der Waals surface area contributed by atoms with Gasteiger partial charge in [-0.15, -0.1) is 0 Å². The number of aliphatic imine (C=N–C) groups is 1. The summed E-state index contributed by atoms with van der Waals surface area (Å²) in [5.41, 5.74) is 14.8. The van der Waals surface area contributed by atoms with Gasteiger partial charge in [0.25, 0.3) is 0 Å². The quantitative estimate of drug-likeness (QED) is 0.710. The summed E-state index contributed by atoms with van der Waals surface area (Å²) < 4.78 is 0. The van der Waals surface area contributed by atoms with Gasteiger partial charge in [-0.25, -0.2) is 0 Å². The van der Waals surface area contributed by atoms with E-state index in [0.29, 0.717) is 17.8 Å². The number of nitrogens with two attached hydrogens (primary N) is 1. The lowest BCUT2D eigenvalue weighted by atomic mass is 9.76. The van der Waals surface area contributed by atoms with Crippen molar-refractivity contribution in [2.24, 2.45) is 16.8 Å². The maximum absolute atomic E-state index is 6.22. The zero-order valence-corrected chi connectivity index (χ0v) is 17.6. The zero-order chi connectivity index (χ0) is 20.5. The Hall–Kier alpha value is -2.72. The van der Waals surface area contributed by atoms with Gasteiger partial charge in [0.15, 0.2) is 0 Å². The van der Waals surface area contributed by atoms with Gasteiger partial charge in [-0.1, -0.05) is 24.3 Å². The molecule has 0 bridgehead atoms. The Labute approximate surface area is 179 Å². The topological polar surface area (TPSA) is 63.3 Å². The number of nitrogen functional groups attached to an aromatic ring is 1. The largest absolute Gasteiger partial charge is 0.399 e. The highest BCUT2D eigenvalue weighted by Gasteiger charge is 2.33. The van der Waals surface area contributed by atoms with E-state index in [4.69, 9.17) is 10.7 Å². The molecule has 2 aromatic rings. The Morgan fingerprint density at radius 3 is 2.83 bits per heavy atom. The van der Waals surface area contributed by atoms with Crippen LogP contribution in [-0.4, -0.2) is 23.8 Å². The second-order valence-electron chi connectivity index (χ2n) is 8.82. The first-order valence-corrected chi connectivity index (χ1v) is 11.2. The molecule has 1 aromatic carbocycles. The highest BCUT2D eigenvalue weighted by Crippen LogP contribution is 2.45. The van der Waals surface area contributed by atoms with E-state index >= 15 is 0 Å². The molecule has 1 aromatic heterocycles. The van der Waals surface area contributed by atoms with Crippen molar-refractivity contribution in [1.82, 2.24) is 10.3 Å². The molecule has 154 valence electrons. The summed E-state index contributed by atoms with van der Waals surface area (Å²) in [5, 5.41) is 3.52. The minimum atomic E-state index is 0.322. The lowest BCUT2D eigenvalue weighted by Gasteiger charge is -2.32. The van der Waals surface area contributed by atoms with Crippen molar-refractivity contribution in [1.29, 1.82) is 0 Å². The predicted octanol–water partition coefficient (Wildman–Crippen LogP) is 5.03. The summed E-state index contributed by atoms with van der Waals surface area (Å²) in [6, 6.07) is 10.8. The third-order valence-electron chi connectivity index (χ3n) is 6.97. The number of nitrogens with zero attached hydrogens (tertiary/aromatic N) is 2. The molecule has 4 nitrogen and oxygen atoms in total. The monoisotopic (exact) mass is 398 g/mol. The van der Waals surface area contributed by atoms with Gasteiger partial charge in [-0.2, -0.15) is 0 Å². The average Bonchev–Trinajstić information content (AvgIpc) is 3.12. The van der Waals surface area contributed by atoms with Crippen LogP contribution in [0.25, 0.3) is 11.6 Å². The van der Waals surface area contributed by atoms with E-state index in [1.807, 2.05) is 12.4 Å². The summed E-state index contributed by atoms with van der Waals surface area (Å²) in [4.78, 5) is 9.42. The number of hydrogen-bond donors (Lipinski definition) is 2. The molecule has 5 rings (SSSR count). The summed E-state index contributed by atoms with van der Waals surface area (Å²) in [7, 11) is 0. The fourth-order valence-electron chi connectivity index (χ4n) is 5.33. The van der Waals surface area contributed by atoms with Gasteiger partial charge in [0.1, 0.15) is 0 Å². The molecular formula is C26H30N4. The Bertz CT molecular complexity index is 1030. The van der Waals surface area contributed by atoms with E-state index in [1.54, 1.807) is 0 Å². The highest BCUT2D eigenvalue weighted by molar-refractivity contribution is 5.89. The molecule has 30 heavy (non-hydrogen) atoms. The van der Waals surface area contributed by atoms with Gasteiger partial charge in [0.05, 0.1) is 5.69 Å². The van der Waals surface area contributed by atoms with Gasteiger partial charge < -0.3 is 11.1 Å². The van der Waals surface area contributed by atoms with Crippen molar-refractivity contribution in [3.63, 3.8) is 0 Å². The number of aromatic nitrogens is 1. The number of nitrogens with one attached hydrogen (secondary N) is 1. The van der Waals surface area contributed by atoms with Crippen molar-refractivity contribution in [2.75, 3.05) is 18.8 Å². The first kappa shape index (κ1) is 19.3. The van der Waals surface area contributed by atoms with E-state index in [2.05, 4.69) is 59.7 Å².